The Morgan fingerprint density at radius 3 is 2.52 bits per heavy atom. The zero-order valence-electron chi connectivity index (χ0n) is 12.3. The van der Waals surface area contributed by atoms with Gasteiger partial charge in [0.15, 0.2) is 0 Å². The summed E-state index contributed by atoms with van der Waals surface area (Å²) in [6, 6.07) is 10.3. The van der Waals surface area contributed by atoms with Crippen LogP contribution in [0.25, 0.3) is 6.08 Å². The minimum atomic E-state index is 0.744. The normalized spacial score (nSPS) is 21.7. The Morgan fingerprint density at radius 2 is 1.81 bits per heavy atom. The molecule has 0 atom stereocenters. The fourth-order valence-electron chi connectivity index (χ4n) is 3.11. The second-order valence-electron chi connectivity index (χ2n) is 5.52. The van der Waals surface area contributed by atoms with Crippen molar-refractivity contribution in [2.45, 2.75) is 19.3 Å². The summed E-state index contributed by atoms with van der Waals surface area (Å²) in [6.45, 7) is 3.24. The molecule has 1 aromatic rings. The number of allylic oxidation sites excluding steroid dienone is 2. The molecule has 0 bridgehead atoms. The van der Waals surface area contributed by atoms with Gasteiger partial charge in [0.25, 0.3) is 0 Å². The molecular formula is C18H21NO2. The standard InChI is InChI=1S/C18H21NO2/c20-14-17-8-4-7-16(13-15-5-2-1-3-6-15)18(17)19-9-11-21-12-10-19/h1-3,5-6,13-14H,4,7-12H2. The van der Waals surface area contributed by atoms with Crippen molar-refractivity contribution in [3.63, 3.8) is 0 Å². The Morgan fingerprint density at radius 1 is 1.05 bits per heavy atom. The van der Waals surface area contributed by atoms with Gasteiger partial charge in [-0.15, -0.1) is 0 Å². The van der Waals surface area contributed by atoms with E-state index in [1.54, 1.807) is 0 Å². The lowest BCUT2D eigenvalue weighted by Gasteiger charge is -2.35. The highest BCUT2D eigenvalue weighted by molar-refractivity contribution is 5.78. The highest BCUT2D eigenvalue weighted by atomic mass is 16.5. The molecular weight excluding hydrogens is 262 g/mol. The van der Waals surface area contributed by atoms with Crippen LogP contribution < -0.4 is 0 Å². The van der Waals surface area contributed by atoms with E-state index in [1.165, 1.54) is 11.1 Å². The van der Waals surface area contributed by atoms with Crippen LogP contribution in [0.1, 0.15) is 24.8 Å². The quantitative estimate of drug-likeness (QED) is 0.799. The summed E-state index contributed by atoms with van der Waals surface area (Å²) >= 11 is 0. The summed E-state index contributed by atoms with van der Waals surface area (Å²) in [5, 5.41) is 0. The fraction of sp³-hybridized carbons (Fsp3) is 0.389. The molecule has 0 aromatic heterocycles. The summed E-state index contributed by atoms with van der Waals surface area (Å²) in [7, 11) is 0. The molecule has 2 aliphatic rings. The predicted octanol–water partition coefficient (Wildman–Crippen LogP) is 3.04. The first kappa shape index (κ1) is 14.1. The Bertz CT molecular complexity index is 554. The van der Waals surface area contributed by atoms with Crippen LogP contribution in [0.2, 0.25) is 0 Å². The lowest BCUT2D eigenvalue weighted by molar-refractivity contribution is -0.105. The molecule has 1 fully saturated rings. The largest absolute Gasteiger partial charge is 0.378 e. The zero-order chi connectivity index (χ0) is 14.5. The molecule has 0 radical (unpaired) electrons. The van der Waals surface area contributed by atoms with Crippen LogP contribution in [0, 0.1) is 0 Å². The van der Waals surface area contributed by atoms with Gasteiger partial charge in [0.2, 0.25) is 0 Å². The van der Waals surface area contributed by atoms with E-state index < -0.39 is 0 Å². The molecule has 1 aliphatic carbocycles. The third-order valence-electron chi connectivity index (χ3n) is 4.11. The minimum absolute atomic E-state index is 0.744. The van der Waals surface area contributed by atoms with Crippen molar-refractivity contribution in [2.75, 3.05) is 26.3 Å². The number of carbonyl (C=O) groups is 1. The van der Waals surface area contributed by atoms with Gasteiger partial charge in [-0.3, -0.25) is 4.79 Å². The van der Waals surface area contributed by atoms with Gasteiger partial charge in [-0.2, -0.15) is 0 Å². The predicted molar refractivity (Wildman–Crippen MR) is 83.8 cm³/mol. The molecule has 0 saturated carbocycles. The Balaban J connectivity index is 1.97. The van der Waals surface area contributed by atoms with Gasteiger partial charge in [0.1, 0.15) is 6.29 Å². The first-order valence-corrected chi connectivity index (χ1v) is 7.65. The van der Waals surface area contributed by atoms with Crippen LogP contribution in [-0.2, 0) is 9.53 Å². The van der Waals surface area contributed by atoms with E-state index in [1.807, 2.05) is 18.2 Å². The molecule has 3 nitrogen and oxygen atoms in total. The van der Waals surface area contributed by atoms with Gasteiger partial charge in [0.05, 0.1) is 13.2 Å². The van der Waals surface area contributed by atoms with Crippen molar-refractivity contribution in [1.82, 2.24) is 4.90 Å². The van der Waals surface area contributed by atoms with Gasteiger partial charge in [0, 0.05) is 24.4 Å². The number of morpholine rings is 1. The van der Waals surface area contributed by atoms with Crippen molar-refractivity contribution >= 4 is 12.4 Å². The molecule has 1 heterocycles. The molecule has 110 valence electrons. The van der Waals surface area contributed by atoms with Crippen molar-refractivity contribution in [1.29, 1.82) is 0 Å². The van der Waals surface area contributed by atoms with Gasteiger partial charge in [-0.25, -0.2) is 0 Å². The highest BCUT2D eigenvalue weighted by Gasteiger charge is 2.23. The van der Waals surface area contributed by atoms with Crippen LogP contribution in [0.4, 0.5) is 0 Å². The molecule has 0 unspecified atom stereocenters. The number of rotatable bonds is 3. The molecule has 1 saturated heterocycles. The lowest BCUT2D eigenvalue weighted by Crippen LogP contribution is -2.37. The monoisotopic (exact) mass is 283 g/mol. The van der Waals surface area contributed by atoms with E-state index >= 15 is 0 Å². The molecule has 1 aliphatic heterocycles. The van der Waals surface area contributed by atoms with E-state index in [4.69, 9.17) is 4.74 Å². The number of nitrogens with zero attached hydrogens (tertiary/aromatic N) is 1. The van der Waals surface area contributed by atoms with Crippen molar-refractivity contribution in [3.05, 3.63) is 52.7 Å². The highest BCUT2D eigenvalue weighted by Crippen LogP contribution is 2.33. The van der Waals surface area contributed by atoms with Crippen LogP contribution in [-0.4, -0.2) is 37.5 Å². The van der Waals surface area contributed by atoms with Crippen LogP contribution in [0.15, 0.2) is 47.2 Å². The summed E-state index contributed by atoms with van der Waals surface area (Å²) in [5.41, 5.74) is 4.59. The maximum atomic E-state index is 11.5. The fourth-order valence-corrected chi connectivity index (χ4v) is 3.11. The van der Waals surface area contributed by atoms with Crippen molar-refractivity contribution in [2.24, 2.45) is 0 Å². The maximum Gasteiger partial charge on any atom is 0.148 e. The van der Waals surface area contributed by atoms with Crippen LogP contribution in [0.3, 0.4) is 0 Å². The minimum Gasteiger partial charge on any atom is -0.378 e. The number of hydrogen-bond acceptors (Lipinski definition) is 3. The Labute approximate surface area is 125 Å². The Hall–Kier alpha value is -1.87. The summed E-state index contributed by atoms with van der Waals surface area (Å²) in [4.78, 5) is 13.8. The zero-order valence-corrected chi connectivity index (χ0v) is 12.3. The maximum absolute atomic E-state index is 11.5. The first-order chi connectivity index (χ1) is 10.4. The Kier molecular flexibility index (Phi) is 4.51. The molecule has 21 heavy (non-hydrogen) atoms. The lowest BCUT2D eigenvalue weighted by atomic mass is 9.90. The van der Waals surface area contributed by atoms with Gasteiger partial charge >= 0.3 is 0 Å². The second kappa shape index (κ2) is 6.72. The molecule has 0 N–H and O–H groups in total. The van der Waals surface area contributed by atoms with Crippen molar-refractivity contribution < 1.29 is 9.53 Å². The summed E-state index contributed by atoms with van der Waals surface area (Å²) in [5.74, 6) is 0. The number of benzene rings is 1. The van der Waals surface area contributed by atoms with Gasteiger partial charge < -0.3 is 9.64 Å². The van der Waals surface area contributed by atoms with E-state index in [0.717, 1.165) is 63.1 Å². The van der Waals surface area contributed by atoms with Crippen molar-refractivity contribution in [3.8, 4) is 0 Å². The third-order valence-corrected chi connectivity index (χ3v) is 4.11. The third kappa shape index (κ3) is 3.24. The summed E-state index contributed by atoms with van der Waals surface area (Å²) < 4.78 is 5.44. The topological polar surface area (TPSA) is 29.5 Å². The van der Waals surface area contributed by atoms with E-state index in [9.17, 15) is 4.79 Å². The molecule has 0 spiro atoms. The number of ether oxygens (including phenoxy) is 1. The number of carbonyl (C=O) groups excluding carboxylic acids is 1. The molecule has 3 heteroatoms. The molecule has 1 aromatic carbocycles. The van der Waals surface area contributed by atoms with Crippen LogP contribution in [0.5, 0.6) is 0 Å². The van der Waals surface area contributed by atoms with E-state index in [2.05, 4.69) is 23.1 Å². The number of aldehydes is 1. The van der Waals surface area contributed by atoms with Gasteiger partial charge in [-0.05, 0) is 36.5 Å². The average molecular weight is 283 g/mol. The summed E-state index contributed by atoms with van der Waals surface area (Å²) in [6.07, 6.45) is 6.26. The van der Waals surface area contributed by atoms with E-state index in [0.29, 0.717) is 0 Å². The molecule has 0 amide bonds. The SMILES string of the molecule is O=CC1=C(N2CCOCC2)C(=Cc2ccccc2)CCC1. The smallest absolute Gasteiger partial charge is 0.148 e. The molecule has 3 rings (SSSR count). The first-order valence-electron chi connectivity index (χ1n) is 7.65. The van der Waals surface area contributed by atoms with Crippen LogP contribution >= 0.6 is 0 Å². The number of hydrogen-bond donors (Lipinski definition) is 0. The second-order valence-corrected chi connectivity index (χ2v) is 5.52. The average Bonchev–Trinajstić information content (AvgIpc) is 2.56. The van der Waals surface area contributed by atoms with E-state index in [-0.39, 0.29) is 0 Å². The van der Waals surface area contributed by atoms with Gasteiger partial charge in [-0.1, -0.05) is 30.3 Å².